The van der Waals surface area contributed by atoms with E-state index in [1.165, 1.54) is 103 Å². The number of likely N-dealkylation sites (N-methyl/N-ethyl adjacent to an activating group) is 1. The SMILES string of the molecule is CCCCCCCCCCCCCCCCCCCCCC(=O)OCC(O)COC(OCC[N+](C)(C)C)C(=O)O. The number of aliphatic carboxylic acids is 1. The molecule has 0 fully saturated rings. The molecule has 238 valence electrons. The van der Waals surface area contributed by atoms with E-state index >= 15 is 0 Å². The Labute approximate surface area is 245 Å². The van der Waals surface area contributed by atoms with Crippen molar-refractivity contribution >= 4 is 11.9 Å². The van der Waals surface area contributed by atoms with E-state index in [2.05, 4.69) is 6.92 Å². The molecule has 8 nitrogen and oxygen atoms in total. The maximum atomic E-state index is 11.9. The molecule has 0 amide bonds. The molecule has 0 aliphatic heterocycles. The standard InChI is InChI=1S/C32H63NO7/c1-5-6-7-8-9-10-11-12-13-14-15-16-17-18-19-20-21-22-23-24-30(35)39-27-29(34)28-40-32(31(36)37)38-26-25-33(2,3)4/h29,32,34H,5-28H2,1-4H3/p+1. The number of carboxylic acids is 1. The molecule has 0 aromatic heterocycles. The van der Waals surface area contributed by atoms with E-state index in [9.17, 15) is 19.8 Å². The maximum Gasteiger partial charge on any atom is 0.361 e. The van der Waals surface area contributed by atoms with Crippen molar-refractivity contribution in [2.45, 2.75) is 148 Å². The van der Waals surface area contributed by atoms with Crippen molar-refractivity contribution in [3.63, 3.8) is 0 Å². The summed E-state index contributed by atoms with van der Waals surface area (Å²) in [6.45, 7) is 2.60. The number of aliphatic hydroxyl groups excluding tert-OH is 1. The molecule has 0 heterocycles. The molecule has 0 saturated heterocycles. The number of nitrogens with zero attached hydrogens (tertiary/aromatic N) is 1. The second-order valence-electron chi connectivity index (χ2n) is 12.3. The number of quaternary nitrogens is 1. The molecular weight excluding hydrogens is 510 g/mol. The van der Waals surface area contributed by atoms with Gasteiger partial charge in [-0.25, -0.2) is 4.79 Å². The Balaban J connectivity index is 3.51. The van der Waals surface area contributed by atoms with Crippen molar-refractivity contribution in [1.82, 2.24) is 0 Å². The Kier molecular flexibility index (Phi) is 25.9. The molecule has 0 saturated carbocycles. The summed E-state index contributed by atoms with van der Waals surface area (Å²) >= 11 is 0. The molecule has 0 spiro atoms. The van der Waals surface area contributed by atoms with Gasteiger partial charge in [0.25, 0.3) is 6.29 Å². The number of esters is 1. The van der Waals surface area contributed by atoms with Crippen molar-refractivity contribution < 1.29 is 38.5 Å². The highest BCUT2D eigenvalue weighted by molar-refractivity contribution is 5.70. The van der Waals surface area contributed by atoms with Crippen molar-refractivity contribution in [3.8, 4) is 0 Å². The Hall–Kier alpha value is -1.22. The minimum Gasteiger partial charge on any atom is -0.477 e. The fraction of sp³-hybridized carbons (Fsp3) is 0.938. The van der Waals surface area contributed by atoms with E-state index in [1.807, 2.05) is 21.1 Å². The smallest absolute Gasteiger partial charge is 0.361 e. The zero-order chi connectivity index (χ0) is 29.9. The van der Waals surface area contributed by atoms with Crippen molar-refractivity contribution in [1.29, 1.82) is 0 Å². The maximum absolute atomic E-state index is 11.9. The van der Waals surface area contributed by atoms with Crippen molar-refractivity contribution in [2.75, 3.05) is 47.5 Å². The average molecular weight is 575 g/mol. The highest BCUT2D eigenvalue weighted by Gasteiger charge is 2.22. The minimum atomic E-state index is -1.46. The van der Waals surface area contributed by atoms with Gasteiger partial charge in [-0.1, -0.05) is 122 Å². The summed E-state index contributed by atoms with van der Waals surface area (Å²) in [5, 5.41) is 19.2. The molecule has 2 N–H and O–H groups in total. The van der Waals surface area contributed by atoms with Gasteiger partial charge in [0.05, 0.1) is 34.4 Å². The third-order valence-corrected chi connectivity index (χ3v) is 7.09. The molecule has 0 rings (SSSR count). The number of carbonyl (C=O) groups excluding carboxylic acids is 1. The van der Waals surface area contributed by atoms with Gasteiger partial charge in [-0.15, -0.1) is 0 Å². The molecule has 0 radical (unpaired) electrons. The summed E-state index contributed by atoms with van der Waals surface area (Å²) in [6, 6.07) is 0. The lowest BCUT2D eigenvalue weighted by Gasteiger charge is -2.24. The van der Waals surface area contributed by atoms with Crippen LogP contribution in [0.5, 0.6) is 0 Å². The van der Waals surface area contributed by atoms with Gasteiger partial charge < -0.3 is 28.9 Å². The summed E-state index contributed by atoms with van der Waals surface area (Å²) < 4.78 is 16.1. The largest absolute Gasteiger partial charge is 0.477 e. The summed E-state index contributed by atoms with van der Waals surface area (Å²) in [4.78, 5) is 23.2. The van der Waals surface area contributed by atoms with Gasteiger partial charge in [0.1, 0.15) is 19.3 Å². The van der Waals surface area contributed by atoms with Crippen LogP contribution in [-0.2, 0) is 23.8 Å². The predicted octanol–water partition coefficient (Wildman–Crippen LogP) is 6.86. The van der Waals surface area contributed by atoms with E-state index < -0.39 is 18.4 Å². The monoisotopic (exact) mass is 574 g/mol. The summed E-state index contributed by atoms with van der Waals surface area (Å²) in [5.41, 5.74) is 0. The van der Waals surface area contributed by atoms with Gasteiger partial charge in [-0.3, -0.25) is 4.79 Å². The quantitative estimate of drug-likeness (QED) is 0.0418. The third kappa shape index (κ3) is 28.3. The Morgan fingerprint density at radius 3 is 1.48 bits per heavy atom. The number of aliphatic hydroxyl groups is 1. The highest BCUT2D eigenvalue weighted by Crippen LogP contribution is 2.15. The Morgan fingerprint density at radius 1 is 0.650 bits per heavy atom. The van der Waals surface area contributed by atoms with Gasteiger partial charge in [0.2, 0.25) is 0 Å². The van der Waals surface area contributed by atoms with Crippen LogP contribution < -0.4 is 0 Å². The number of rotatable bonds is 30. The molecule has 40 heavy (non-hydrogen) atoms. The fourth-order valence-electron chi connectivity index (χ4n) is 4.48. The first-order valence-electron chi connectivity index (χ1n) is 16.3. The zero-order valence-electron chi connectivity index (χ0n) is 26.5. The molecule has 0 bridgehead atoms. The lowest BCUT2D eigenvalue weighted by atomic mass is 10.0. The van der Waals surface area contributed by atoms with Gasteiger partial charge in [0, 0.05) is 6.42 Å². The van der Waals surface area contributed by atoms with E-state index in [0.717, 1.165) is 19.3 Å². The highest BCUT2D eigenvalue weighted by atomic mass is 16.7. The van der Waals surface area contributed by atoms with Gasteiger partial charge in [-0.2, -0.15) is 0 Å². The van der Waals surface area contributed by atoms with Crippen LogP contribution >= 0.6 is 0 Å². The van der Waals surface area contributed by atoms with E-state index in [-0.39, 0.29) is 25.8 Å². The van der Waals surface area contributed by atoms with Crippen LogP contribution in [0.1, 0.15) is 135 Å². The Bertz CT molecular complexity index is 594. The van der Waals surface area contributed by atoms with Crippen LogP contribution in [0.25, 0.3) is 0 Å². The van der Waals surface area contributed by atoms with E-state index in [4.69, 9.17) is 14.2 Å². The van der Waals surface area contributed by atoms with Crippen LogP contribution in [0.3, 0.4) is 0 Å². The number of carbonyl (C=O) groups is 2. The molecule has 2 atom stereocenters. The van der Waals surface area contributed by atoms with Crippen LogP contribution in [0.15, 0.2) is 0 Å². The van der Waals surface area contributed by atoms with Crippen LogP contribution in [-0.4, -0.2) is 86.5 Å². The van der Waals surface area contributed by atoms with Crippen molar-refractivity contribution in [3.05, 3.63) is 0 Å². The normalized spacial score (nSPS) is 13.3. The Morgan fingerprint density at radius 2 is 1.07 bits per heavy atom. The summed E-state index contributed by atoms with van der Waals surface area (Å²) in [7, 11) is 5.92. The number of ether oxygens (including phenoxy) is 3. The molecule has 2 unspecified atom stereocenters. The number of hydrogen-bond acceptors (Lipinski definition) is 6. The number of hydrogen-bond donors (Lipinski definition) is 2. The first kappa shape index (κ1) is 38.8. The van der Waals surface area contributed by atoms with E-state index in [1.54, 1.807) is 0 Å². The summed E-state index contributed by atoms with van der Waals surface area (Å²) in [6.07, 6.45) is 22.6. The predicted molar refractivity (Wildman–Crippen MR) is 161 cm³/mol. The molecule has 8 heteroatoms. The van der Waals surface area contributed by atoms with Gasteiger partial charge >= 0.3 is 11.9 Å². The molecule has 0 aromatic rings. The topological polar surface area (TPSA) is 102 Å². The molecule has 0 aliphatic rings. The van der Waals surface area contributed by atoms with E-state index in [0.29, 0.717) is 17.4 Å². The molecule has 0 aliphatic carbocycles. The second kappa shape index (κ2) is 26.7. The van der Waals surface area contributed by atoms with Gasteiger partial charge in [0.15, 0.2) is 0 Å². The zero-order valence-corrected chi connectivity index (χ0v) is 26.5. The number of carboxylic acid groups (broad SMARTS) is 1. The van der Waals surface area contributed by atoms with Crippen LogP contribution in [0, 0.1) is 0 Å². The van der Waals surface area contributed by atoms with Crippen LogP contribution in [0.2, 0.25) is 0 Å². The van der Waals surface area contributed by atoms with Crippen molar-refractivity contribution in [2.24, 2.45) is 0 Å². The minimum absolute atomic E-state index is 0.213. The molecular formula is C32H64NO7+. The number of unbranched alkanes of at least 4 members (excludes halogenated alkanes) is 18. The fourth-order valence-corrected chi connectivity index (χ4v) is 4.48. The van der Waals surface area contributed by atoms with Crippen LogP contribution in [0.4, 0.5) is 0 Å². The lowest BCUT2D eigenvalue weighted by Crippen LogP contribution is -2.40. The van der Waals surface area contributed by atoms with Gasteiger partial charge in [-0.05, 0) is 6.42 Å². The first-order valence-corrected chi connectivity index (χ1v) is 16.3. The molecule has 0 aromatic carbocycles. The first-order chi connectivity index (χ1) is 19.2. The average Bonchev–Trinajstić information content (AvgIpc) is 2.89. The lowest BCUT2D eigenvalue weighted by molar-refractivity contribution is -0.870. The summed E-state index contributed by atoms with van der Waals surface area (Å²) in [5.74, 6) is -1.60. The third-order valence-electron chi connectivity index (χ3n) is 7.09. The second-order valence-corrected chi connectivity index (χ2v) is 12.3.